The van der Waals surface area contributed by atoms with E-state index < -0.39 is 0 Å². The van der Waals surface area contributed by atoms with Crippen molar-refractivity contribution in [2.24, 2.45) is 0 Å². The summed E-state index contributed by atoms with van der Waals surface area (Å²) in [6.45, 7) is 6.29. The van der Waals surface area contributed by atoms with E-state index in [1.54, 1.807) is 0 Å². The van der Waals surface area contributed by atoms with Crippen LogP contribution in [0.5, 0.6) is 0 Å². The maximum absolute atomic E-state index is 8.92. The maximum atomic E-state index is 8.92. The van der Waals surface area contributed by atoms with Crippen LogP contribution in [0, 0.1) is 6.92 Å². The lowest BCUT2D eigenvalue weighted by molar-refractivity contribution is 0.299. The Balaban J connectivity index is 2.13. The molecular weight excluding hydrogens is 202 g/mol. The van der Waals surface area contributed by atoms with Crippen molar-refractivity contribution >= 4 is 5.82 Å². The first kappa shape index (κ1) is 11.4. The summed E-state index contributed by atoms with van der Waals surface area (Å²) in [6, 6.07) is 4.14. The Morgan fingerprint density at radius 1 is 1.38 bits per heavy atom. The van der Waals surface area contributed by atoms with Crippen LogP contribution in [-0.2, 0) is 6.42 Å². The molecule has 1 aliphatic heterocycles. The van der Waals surface area contributed by atoms with Crippen LogP contribution in [0.1, 0.15) is 11.3 Å². The summed E-state index contributed by atoms with van der Waals surface area (Å²) in [5, 5.41) is 12.2. The first-order chi connectivity index (χ1) is 7.81. The minimum absolute atomic E-state index is 0.190. The molecule has 0 unspecified atom stereocenters. The minimum Gasteiger partial charge on any atom is -0.396 e. The monoisotopic (exact) mass is 221 g/mol. The minimum atomic E-state index is 0.190. The number of aromatic nitrogens is 1. The number of hydrogen-bond donors (Lipinski definition) is 2. The van der Waals surface area contributed by atoms with Crippen LogP contribution in [0.4, 0.5) is 5.82 Å². The standard InChI is InChI=1S/C12H19N3O/c1-10-11(4-9-16)2-3-12(14-10)15-7-5-13-6-8-15/h2-3,13,16H,4-9H2,1H3. The van der Waals surface area contributed by atoms with Crippen molar-refractivity contribution in [2.45, 2.75) is 13.3 Å². The molecule has 1 aliphatic rings. The molecule has 1 fully saturated rings. The summed E-state index contributed by atoms with van der Waals surface area (Å²) in [6.07, 6.45) is 0.695. The third kappa shape index (κ3) is 2.51. The van der Waals surface area contributed by atoms with Gasteiger partial charge < -0.3 is 15.3 Å². The van der Waals surface area contributed by atoms with Gasteiger partial charge in [0.25, 0.3) is 0 Å². The van der Waals surface area contributed by atoms with E-state index >= 15 is 0 Å². The zero-order chi connectivity index (χ0) is 11.4. The average Bonchev–Trinajstić information content (AvgIpc) is 2.33. The summed E-state index contributed by atoms with van der Waals surface area (Å²) in [5.74, 6) is 1.06. The number of rotatable bonds is 3. The molecule has 4 heteroatoms. The molecule has 88 valence electrons. The maximum Gasteiger partial charge on any atom is 0.128 e. The molecule has 0 radical (unpaired) electrons. The van der Waals surface area contributed by atoms with E-state index in [1.165, 1.54) is 0 Å². The van der Waals surface area contributed by atoms with E-state index in [1.807, 2.05) is 6.92 Å². The van der Waals surface area contributed by atoms with Gasteiger partial charge >= 0.3 is 0 Å². The Bertz CT molecular complexity index is 348. The van der Waals surface area contributed by atoms with Gasteiger partial charge in [0.2, 0.25) is 0 Å². The van der Waals surface area contributed by atoms with Crippen LogP contribution in [0.25, 0.3) is 0 Å². The molecule has 16 heavy (non-hydrogen) atoms. The quantitative estimate of drug-likeness (QED) is 0.772. The third-order valence-electron chi connectivity index (χ3n) is 3.00. The molecule has 1 aromatic rings. The molecule has 0 saturated carbocycles. The normalized spacial score (nSPS) is 16.5. The van der Waals surface area contributed by atoms with E-state index in [-0.39, 0.29) is 6.61 Å². The van der Waals surface area contributed by atoms with Gasteiger partial charge in [-0.05, 0) is 25.0 Å². The zero-order valence-electron chi connectivity index (χ0n) is 9.74. The highest BCUT2D eigenvalue weighted by atomic mass is 16.2. The molecule has 4 nitrogen and oxygen atoms in total. The molecule has 2 heterocycles. The van der Waals surface area contributed by atoms with Crippen LogP contribution in [0.2, 0.25) is 0 Å². The van der Waals surface area contributed by atoms with Crippen molar-refractivity contribution in [1.82, 2.24) is 10.3 Å². The van der Waals surface area contributed by atoms with E-state index in [0.717, 1.165) is 43.3 Å². The lowest BCUT2D eigenvalue weighted by Crippen LogP contribution is -2.43. The molecular formula is C12H19N3O. The Labute approximate surface area is 96.3 Å². The number of anilines is 1. The molecule has 1 aromatic heterocycles. The zero-order valence-corrected chi connectivity index (χ0v) is 9.74. The van der Waals surface area contributed by atoms with Crippen molar-refractivity contribution in [3.05, 3.63) is 23.4 Å². The fourth-order valence-electron chi connectivity index (χ4n) is 2.03. The van der Waals surface area contributed by atoms with Gasteiger partial charge in [-0.1, -0.05) is 6.07 Å². The van der Waals surface area contributed by atoms with Gasteiger partial charge in [0.15, 0.2) is 0 Å². The number of hydrogen-bond acceptors (Lipinski definition) is 4. The first-order valence-corrected chi connectivity index (χ1v) is 5.84. The highest BCUT2D eigenvalue weighted by Crippen LogP contribution is 2.15. The van der Waals surface area contributed by atoms with E-state index in [4.69, 9.17) is 5.11 Å². The van der Waals surface area contributed by atoms with Crippen molar-refractivity contribution in [3.63, 3.8) is 0 Å². The first-order valence-electron chi connectivity index (χ1n) is 5.84. The predicted octanol–water partition coefficient (Wildman–Crippen LogP) is 0.334. The van der Waals surface area contributed by atoms with Crippen molar-refractivity contribution < 1.29 is 5.11 Å². The van der Waals surface area contributed by atoms with Gasteiger partial charge in [-0.2, -0.15) is 0 Å². The van der Waals surface area contributed by atoms with Gasteiger partial charge in [-0.15, -0.1) is 0 Å². The smallest absolute Gasteiger partial charge is 0.128 e. The number of aryl methyl sites for hydroxylation is 1. The van der Waals surface area contributed by atoms with Crippen LogP contribution >= 0.6 is 0 Å². The Morgan fingerprint density at radius 2 is 2.12 bits per heavy atom. The van der Waals surface area contributed by atoms with Crippen LogP contribution in [0.15, 0.2) is 12.1 Å². The van der Waals surface area contributed by atoms with Gasteiger partial charge in [0.1, 0.15) is 5.82 Å². The molecule has 0 aromatic carbocycles. The fourth-order valence-corrected chi connectivity index (χ4v) is 2.03. The van der Waals surface area contributed by atoms with Crippen molar-refractivity contribution in [2.75, 3.05) is 37.7 Å². The largest absolute Gasteiger partial charge is 0.396 e. The van der Waals surface area contributed by atoms with Crippen LogP contribution in [0.3, 0.4) is 0 Å². The van der Waals surface area contributed by atoms with Gasteiger partial charge in [0, 0.05) is 38.5 Å². The molecule has 0 atom stereocenters. The van der Waals surface area contributed by atoms with Crippen molar-refractivity contribution in [3.8, 4) is 0 Å². The third-order valence-corrected chi connectivity index (χ3v) is 3.00. The van der Waals surface area contributed by atoms with E-state index in [9.17, 15) is 0 Å². The SMILES string of the molecule is Cc1nc(N2CCNCC2)ccc1CCO. The average molecular weight is 221 g/mol. The molecule has 1 saturated heterocycles. The predicted molar refractivity (Wildman–Crippen MR) is 64.8 cm³/mol. The molecule has 0 amide bonds. The number of nitrogens with zero attached hydrogens (tertiary/aromatic N) is 2. The molecule has 2 rings (SSSR count). The molecule has 2 N–H and O–H groups in total. The number of pyridine rings is 1. The van der Waals surface area contributed by atoms with Crippen LogP contribution in [-0.4, -0.2) is 42.9 Å². The van der Waals surface area contributed by atoms with E-state index in [0.29, 0.717) is 6.42 Å². The molecule has 0 spiro atoms. The fraction of sp³-hybridized carbons (Fsp3) is 0.583. The molecule has 0 aliphatic carbocycles. The summed E-state index contributed by atoms with van der Waals surface area (Å²) >= 11 is 0. The summed E-state index contributed by atoms with van der Waals surface area (Å²) < 4.78 is 0. The number of piperazine rings is 1. The van der Waals surface area contributed by atoms with Crippen LogP contribution < -0.4 is 10.2 Å². The second kappa shape index (κ2) is 5.27. The van der Waals surface area contributed by atoms with Gasteiger partial charge in [-0.25, -0.2) is 4.98 Å². The van der Waals surface area contributed by atoms with Gasteiger partial charge in [-0.3, -0.25) is 0 Å². The lowest BCUT2D eigenvalue weighted by atomic mass is 10.1. The van der Waals surface area contributed by atoms with E-state index in [2.05, 4.69) is 27.3 Å². The Hall–Kier alpha value is -1.13. The van der Waals surface area contributed by atoms with Crippen molar-refractivity contribution in [1.29, 1.82) is 0 Å². The van der Waals surface area contributed by atoms with Gasteiger partial charge in [0.05, 0.1) is 0 Å². The Morgan fingerprint density at radius 3 is 2.75 bits per heavy atom. The second-order valence-electron chi connectivity index (χ2n) is 4.12. The second-order valence-corrected chi connectivity index (χ2v) is 4.12. The Kier molecular flexibility index (Phi) is 3.74. The lowest BCUT2D eigenvalue weighted by Gasteiger charge is -2.28. The highest BCUT2D eigenvalue weighted by Gasteiger charge is 2.12. The summed E-state index contributed by atoms with van der Waals surface area (Å²) in [7, 11) is 0. The summed E-state index contributed by atoms with van der Waals surface area (Å²) in [5.41, 5.74) is 2.17. The number of aliphatic hydroxyl groups excluding tert-OH is 1. The number of nitrogens with one attached hydrogen (secondary N) is 1. The highest BCUT2D eigenvalue weighted by molar-refractivity contribution is 5.42. The molecule has 0 bridgehead atoms. The number of aliphatic hydroxyl groups is 1. The summed E-state index contributed by atoms with van der Waals surface area (Å²) in [4.78, 5) is 6.90. The topological polar surface area (TPSA) is 48.4 Å².